The van der Waals surface area contributed by atoms with Gasteiger partial charge in [-0.1, -0.05) is 0 Å². The molecule has 3 rings (SSSR count). The first-order chi connectivity index (χ1) is 9.64. The van der Waals surface area contributed by atoms with Crippen molar-refractivity contribution in [2.45, 2.75) is 26.2 Å². The molecule has 0 aromatic heterocycles. The number of ether oxygens (including phenoxy) is 1. The number of hydrogen-bond donors (Lipinski definition) is 2. The predicted molar refractivity (Wildman–Crippen MR) is 79.0 cm³/mol. The molecule has 2 fully saturated rings. The zero-order valence-corrected chi connectivity index (χ0v) is 12.2. The van der Waals surface area contributed by atoms with E-state index in [4.69, 9.17) is 4.74 Å². The molecule has 1 spiro atoms. The minimum atomic E-state index is 0.177. The van der Waals surface area contributed by atoms with E-state index >= 15 is 0 Å². The summed E-state index contributed by atoms with van der Waals surface area (Å²) in [4.78, 5) is 12.4. The molecular formula is C16H22N2O2. The molecule has 1 unspecified atom stereocenters. The topological polar surface area (TPSA) is 50.4 Å². The minimum absolute atomic E-state index is 0.177. The van der Waals surface area contributed by atoms with Crippen LogP contribution in [0.4, 0.5) is 5.69 Å². The number of hydrogen-bond acceptors (Lipinski definition) is 3. The third-order valence-electron chi connectivity index (χ3n) is 4.77. The largest absolute Gasteiger partial charge is 0.496 e. The van der Waals surface area contributed by atoms with Crippen molar-refractivity contribution in [2.75, 3.05) is 25.5 Å². The van der Waals surface area contributed by atoms with Gasteiger partial charge >= 0.3 is 0 Å². The van der Waals surface area contributed by atoms with Gasteiger partial charge in [-0.05, 0) is 68.5 Å². The Labute approximate surface area is 119 Å². The Morgan fingerprint density at radius 3 is 2.80 bits per heavy atom. The molecule has 108 valence electrons. The third kappa shape index (κ3) is 2.40. The van der Waals surface area contributed by atoms with E-state index in [1.54, 1.807) is 7.11 Å². The first kappa shape index (κ1) is 13.4. The second-order valence-corrected chi connectivity index (χ2v) is 6.04. The van der Waals surface area contributed by atoms with Gasteiger partial charge in [0.1, 0.15) is 5.75 Å². The third-order valence-corrected chi connectivity index (χ3v) is 4.77. The average molecular weight is 274 g/mol. The van der Waals surface area contributed by atoms with Gasteiger partial charge in [0.2, 0.25) is 5.91 Å². The van der Waals surface area contributed by atoms with Crippen LogP contribution in [0, 0.1) is 18.3 Å². The van der Waals surface area contributed by atoms with Gasteiger partial charge in [0.25, 0.3) is 0 Å². The zero-order chi connectivity index (χ0) is 14.2. The van der Waals surface area contributed by atoms with E-state index in [1.807, 2.05) is 25.1 Å². The van der Waals surface area contributed by atoms with Gasteiger partial charge in [-0.2, -0.15) is 0 Å². The van der Waals surface area contributed by atoms with Gasteiger partial charge in [-0.15, -0.1) is 0 Å². The lowest BCUT2D eigenvalue weighted by Gasteiger charge is -2.23. The van der Waals surface area contributed by atoms with E-state index in [2.05, 4.69) is 10.6 Å². The maximum atomic E-state index is 12.4. The molecule has 4 nitrogen and oxygen atoms in total. The van der Waals surface area contributed by atoms with Crippen LogP contribution < -0.4 is 15.4 Å². The Kier molecular flexibility index (Phi) is 3.42. The summed E-state index contributed by atoms with van der Waals surface area (Å²) in [6.45, 7) is 4.08. The standard InChI is InChI=1S/C16H22N2O2/c1-11-9-12(3-4-14(11)20-2)18-15(19)13-10-16(13)5-7-17-8-6-16/h3-4,9,13,17H,5-8,10H2,1-2H3,(H,18,19). The summed E-state index contributed by atoms with van der Waals surface area (Å²) in [5.41, 5.74) is 2.19. The lowest BCUT2D eigenvalue weighted by atomic mass is 9.92. The number of amides is 1. The maximum absolute atomic E-state index is 12.4. The van der Waals surface area contributed by atoms with Crippen molar-refractivity contribution in [3.8, 4) is 5.75 Å². The van der Waals surface area contributed by atoms with E-state index in [1.165, 1.54) is 0 Å². The molecule has 2 N–H and O–H groups in total. The summed E-state index contributed by atoms with van der Waals surface area (Å²) in [5.74, 6) is 1.23. The molecule has 2 aliphatic rings. The Hall–Kier alpha value is -1.55. The Morgan fingerprint density at radius 2 is 2.15 bits per heavy atom. The highest BCUT2D eigenvalue weighted by molar-refractivity contribution is 5.95. The highest BCUT2D eigenvalue weighted by Crippen LogP contribution is 2.58. The maximum Gasteiger partial charge on any atom is 0.228 e. The van der Waals surface area contributed by atoms with Crippen molar-refractivity contribution in [3.63, 3.8) is 0 Å². The Balaban J connectivity index is 1.64. The van der Waals surface area contributed by atoms with Crippen LogP contribution in [0.5, 0.6) is 5.75 Å². The smallest absolute Gasteiger partial charge is 0.228 e. The zero-order valence-electron chi connectivity index (χ0n) is 12.2. The summed E-state index contributed by atoms with van der Waals surface area (Å²) in [5, 5.41) is 6.42. The molecule has 1 saturated heterocycles. The van der Waals surface area contributed by atoms with Crippen LogP contribution in [-0.4, -0.2) is 26.1 Å². The van der Waals surface area contributed by atoms with Crippen LogP contribution in [-0.2, 0) is 4.79 Å². The molecule has 0 bridgehead atoms. The number of carbonyl (C=O) groups is 1. The van der Waals surface area contributed by atoms with Crippen molar-refractivity contribution < 1.29 is 9.53 Å². The Bertz CT molecular complexity index is 521. The van der Waals surface area contributed by atoms with E-state index < -0.39 is 0 Å². The number of methoxy groups -OCH3 is 1. The number of piperidine rings is 1. The van der Waals surface area contributed by atoms with Gasteiger partial charge in [0.05, 0.1) is 7.11 Å². The van der Waals surface area contributed by atoms with Gasteiger partial charge in [0, 0.05) is 11.6 Å². The van der Waals surface area contributed by atoms with Crippen LogP contribution in [0.25, 0.3) is 0 Å². The number of benzene rings is 1. The molecule has 20 heavy (non-hydrogen) atoms. The predicted octanol–water partition coefficient (Wildman–Crippen LogP) is 2.33. The van der Waals surface area contributed by atoms with Gasteiger partial charge in [0.15, 0.2) is 0 Å². The van der Waals surface area contributed by atoms with Crippen LogP contribution in [0.1, 0.15) is 24.8 Å². The fourth-order valence-corrected chi connectivity index (χ4v) is 3.38. The van der Waals surface area contributed by atoms with Crippen LogP contribution in [0.15, 0.2) is 18.2 Å². The molecule has 1 heterocycles. The van der Waals surface area contributed by atoms with Crippen LogP contribution >= 0.6 is 0 Å². The second kappa shape index (κ2) is 5.09. The SMILES string of the molecule is COc1ccc(NC(=O)C2CC23CCNCC3)cc1C. The summed E-state index contributed by atoms with van der Waals surface area (Å²) in [7, 11) is 1.66. The lowest BCUT2D eigenvalue weighted by Crippen LogP contribution is -2.31. The van der Waals surface area contributed by atoms with Crippen LogP contribution in [0.2, 0.25) is 0 Å². The molecule has 1 aromatic rings. The number of nitrogens with one attached hydrogen (secondary N) is 2. The average Bonchev–Trinajstić information content (AvgIpc) is 3.13. The summed E-state index contributed by atoms with van der Waals surface area (Å²) >= 11 is 0. The lowest BCUT2D eigenvalue weighted by molar-refractivity contribution is -0.118. The summed E-state index contributed by atoms with van der Waals surface area (Å²) < 4.78 is 5.24. The first-order valence-corrected chi connectivity index (χ1v) is 7.31. The van der Waals surface area contributed by atoms with E-state index in [9.17, 15) is 4.79 Å². The van der Waals surface area contributed by atoms with Crippen LogP contribution in [0.3, 0.4) is 0 Å². The summed E-state index contributed by atoms with van der Waals surface area (Å²) in [6.07, 6.45) is 3.31. The van der Waals surface area contributed by atoms with E-state index in [-0.39, 0.29) is 17.2 Å². The molecular weight excluding hydrogens is 252 g/mol. The van der Waals surface area contributed by atoms with Crippen molar-refractivity contribution in [2.24, 2.45) is 11.3 Å². The van der Waals surface area contributed by atoms with Crippen molar-refractivity contribution in [1.29, 1.82) is 0 Å². The highest BCUT2D eigenvalue weighted by atomic mass is 16.5. The Morgan fingerprint density at radius 1 is 1.40 bits per heavy atom. The minimum Gasteiger partial charge on any atom is -0.496 e. The molecule has 1 aliphatic carbocycles. The number of anilines is 1. The molecule has 1 amide bonds. The van der Waals surface area contributed by atoms with Crippen molar-refractivity contribution in [3.05, 3.63) is 23.8 Å². The van der Waals surface area contributed by atoms with Gasteiger partial charge in [-0.25, -0.2) is 0 Å². The van der Waals surface area contributed by atoms with Gasteiger partial charge < -0.3 is 15.4 Å². The van der Waals surface area contributed by atoms with E-state index in [0.717, 1.165) is 49.4 Å². The number of carbonyl (C=O) groups excluding carboxylic acids is 1. The first-order valence-electron chi connectivity index (χ1n) is 7.31. The number of rotatable bonds is 3. The number of aryl methyl sites for hydroxylation is 1. The monoisotopic (exact) mass is 274 g/mol. The molecule has 4 heteroatoms. The highest BCUT2D eigenvalue weighted by Gasteiger charge is 2.57. The van der Waals surface area contributed by atoms with Gasteiger partial charge in [-0.3, -0.25) is 4.79 Å². The fourth-order valence-electron chi connectivity index (χ4n) is 3.38. The van der Waals surface area contributed by atoms with Crippen molar-refractivity contribution in [1.82, 2.24) is 5.32 Å². The van der Waals surface area contributed by atoms with E-state index in [0.29, 0.717) is 0 Å². The molecule has 1 atom stereocenters. The molecule has 1 saturated carbocycles. The normalized spacial score (nSPS) is 23.4. The quantitative estimate of drug-likeness (QED) is 0.889. The molecule has 0 radical (unpaired) electrons. The second-order valence-electron chi connectivity index (χ2n) is 6.04. The molecule has 1 aromatic carbocycles. The fraction of sp³-hybridized carbons (Fsp3) is 0.562. The summed E-state index contributed by atoms with van der Waals surface area (Å²) in [6, 6.07) is 5.77. The molecule has 1 aliphatic heterocycles. The van der Waals surface area contributed by atoms with Crippen molar-refractivity contribution >= 4 is 11.6 Å².